The quantitative estimate of drug-likeness (QED) is 0.511. The average molecular weight is 506 g/mol. The number of rotatable bonds is 1. The number of fused-ring (bicyclic) bond motifs is 4. The summed E-state index contributed by atoms with van der Waals surface area (Å²) in [5.41, 5.74) is 5.15. The molecule has 0 unspecified atom stereocenters. The van der Waals surface area contributed by atoms with Crippen molar-refractivity contribution in [1.29, 1.82) is 0 Å². The van der Waals surface area contributed by atoms with Crippen LogP contribution in [0.4, 0.5) is 0 Å². The first-order chi connectivity index (χ1) is 17.6. The summed E-state index contributed by atoms with van der Waals surface area (Å²) >= 11 is 0. The van der Waals surface area contributed by atoms with E-state index in [1.165, 1.54) is 5.01 Å². The van der Waals surface area contributed by atoms with Crippen LogP contribution in [0.2, 0.25) is 0 Å². The number of amides is 2. The molecule has 2 aliphatic heterocycles. The zero-order valence-corrected chi connectivity index (χ0v) is 21.8. The van der Waals surface area contributed by atoms with Crippen LogP contribution in [-0.2, 0) is 19.1 Å². The van der Waals surface area contributed by atoms with E-state index >= 15 is 0 Å². The molecule has 196 valence electrons. The summed E-state index contributed by atoms with van der Waals surface area (Å²) in [6.45, 7) is 11.8. The molecule has 4 rings (SSSR count). The highest BCUT2D eigenvalue weighted by atomic mass is 16.5. The molecule has 5 bridgehead atoms. The molecule has 4 atom stereocenters. The van der Waals surface area contributed by atoms with Gasteiger partial charge in [0.15, 0.2) is 0 Å². The summed E-state index contributed by atoms with van der Waals surface area (Å²) in [6.07, 6.45) is 6.11. The number of esters is 1. The molecule has 1 fully saturated rings. The molecule has 2 aliphatic rings. The number of ether oxygens (including phenoxy) is 1. The molecule has 9 heteroatoms. The second kappa shape index (κ2) is 11.1. The normalized spacial score (nSPS) is 26.7. The first-order valence-corrected chi connectivity index (χ1v) is 12.7. The maximum atomic E-state index is 13.1. The van der Waals surface area contributed by atoms with Gasteiger partial charge in [0.1, 0.15) is 24.2 Å². The highest BCUT2D eigenvalue weighted by Gasteiger charge is 2.33. The molecule has 2 amide bonds. The zero-order valence-electron chi connectivity index (χ0n) is 21.8. The molecule has 2 aromatic rings. The number of hydrogen-bond donors (Lipinski definition) is 3. The SMILES string of the molecule is C=C1/C=C\c2cc3cc(ccc3cn2)[C@@H](C)OC(=O)[C@@H]2CCCN(N2)C(=O)[C@H](C)NC(=O)[C@H](C(C)C)N1. The van der Waals surface area contributed by atoms with Gasteiger partial charge in [-0.3, -0.25) is 24.4 Å². The van der Waals surface area contributed by atoms with E-state index in [1.54, 1.807) is 19.2 Å². The van der Waals surface area contributed by atoms with Crippen LogP contribution < -0.4 is 16.1 Å². The number of carbonyl (C=O) groups is 3. The summed E-state index contributed by atoms with van der Waals surface area (Å²) in [7, 11) is 0. The Kier molecular flexibility index (Phi) is 7.92. The maximum absolute atomic E-state index is 13.1. The first-order valence-electron chi connectivity index (χ1n) is 12.7. The van der Waals surface area contributed by atoms with Gasteiger partial charge in [0.2, 0.25) is 5.91 Å². The van der Waals surface area contributed by atoms with Crippen LogP contribution in [0.15, 0.2) is 48.8 Å². The van der Waals surface area contributed by atoms with Crippen LogP contribution >= 0.6 is 0 Å². The Bertz CT molecular complexity index is 1240. The molecule has 0 spiro atoms. The number of hydrazine groups is 1. The molecule has 9 nitrogen and oxygen atoms in total. The highest BCUT2D eigenvalue weighted by Crippen LogP contribution is 2.24. The lowest BCUT2D eigenvalue weighted by Gasteiger charge is -2.35. The number of nitrogens with zero attached hydrogens (tertiary/aromatic N) is 2. The number of aromatic nitrogens is 1. The van der Waals surface area contributed by atoms with Gasteiger partial charge in [-0.2, -0.15) is 0 Å². The van der Waals surface area contributed by atoms with Crippen molar-refractivity contribution in [1.82, 2.24) is 26.1 Å². The third kappa shape index (κ3) is 6.17. The van der Waals surface area contributed by atoms with E-state index in [-0.39, 0.29) is 17.7 Å². The average Bonchev–Trinajstić information content (AvgIpc) is 2.88. The summed E-state index contributed by atoms with van der Waals surface area (Å²) in [6, 6.07) is 5.79. The summed E-state index contributed by atoms with van der Waals surface area (Å²) in [5.74, 6) is -1.10. The van der Waals surface area contributed by atoms with Gasteiger partial charge in [-0.15, -0.1) is 0 Å². The third-order valence-corrected chi connectivity index (χ3v) is 6.74. The smallest absolute Gasteiger partial charge is 0.325 e. The van der Waals surface area contributed by atoms with Crippen molar-refractivity contribution >= 4 is 34.6 Å². The van der Waals surface area contributed by atoms with Crippen LogP contribution in [0.1, 0.15) is 57.9 Å². The Labute approximate surface area is 217 Å². The lowest BCUT2D eigenvalue weighted by atomic mass is 10.0. The number of pyridine rings is 1. The van der Waals surface area contributed by atoms with Crippen molar-refractivity contribution < 1.29 is 19.1 Å². The summed E-state index contributed by atoms with van der Waals surface area (Å²) < 4.78 is 5.78. The van der Waals surface area contributed by atoms with Crippen molar-refractivity contribution in [2.75, 3.05) is 6.54 Å². The molecular formula is C28H35N5O4. The predicted octanol–water partition coefficient (Wildman–Crippen LogP) is 2.99. The minimum Gasteiger partial charge on any atom is -0.457 e. The number of nitrogens with one attached hydrogen (secondary N) is 3. The van der Waals surface area contributed by atoms with Gasteiger partial charge in [0, 0.05) is 23.8 Å². The van der Waals surface area contributed by atoms with E-state index < -0.39 is 30.2 Å². The fraction of sp³-hybridized carbons (Fsp3) is 0.429. The van der Waals surface area contributed by atoms with Gasteiger partial charge in [-0.25, -0.2) is 5.43 Å². The lowest BCUT2D eigenvalue weighted by molar-refractivity contribution is -0.157. The van der Waals surface area contributed by atoms with Gasteiger partial charge in [0.05, 0.1) is 5.69 Å². The topological polar surface area (TPSA) is 113 Å². The molecule has 0 radical (unpaired) electrons. The zero-order chi connectivity index (χ0) is 26.7. The minimum absolute atomic E-state index is 0.0585. The van der Waals surface area contributed by atoms with Gasteiger partial charge in [0.25, 0.3) is 5.91 Å². The van der Waals surface area contributed by atoms with Crippen LogP contribution in [0, 0.1) is 5.92 Å². The van der Waals surface area contributed by atoms with Crippen molar-refractivity contribution in [2.24, 2.45) is 5.92 Å². The Morgan fingerprint density at radius 1 is 1.08 bits per heavy atom. The van der Waals surface area contributed by atoms with E-state index in [1.807, 2.05) is 51.1 Å². The number of benzene rings is 1. The molecular weight excluding hydrogens is 470 g/mol. The van der Waals surface area contributed by atoms with E-state index in [0.717, 1.165) is 22.0 Å². The fourth-order valence-electron chi connectivity index (χ4n) is 4.53. The molecule has 1 aromatic heterocycles. The summed E-state index contributed by atoms with van der Waals surface area (Å²) in [5, 5.41) is 9.32. The van der Waals surface area contributed by atoms with Gasteiger partial charge < -0.3 is 15.4 Å². The van der Waals surface area contributed by atoms with Crippen molar-refractivity contribution in [3.05, 3.63) is 60.1 Å². The Morgan fingerprint density at radius 2 is 1.86 bits per heavy atom. The van der Waals surface area contributed by atoms with Crippen molar-refractivity contribution in [3.63, 3.8) is 0 Å². The van der Waals surface area contributed by atoms with Gasteiger partial charge >= 0.3 is 5.97 Å². The van der Waals surface area contributed by atoms with Crippen LogP contribution in [0.3, 0.4) is 0 Å². The fourth-order valence-corrected chi connectivity index (χ4v) is 4.53. The minimum atomic E-state index is -0.787. The highest BCUT2D eigenvalue weighted by molar-refractivity contribution is 5.90. The van der Waals surface area contributed by atoms with E-state index in [0.29, 0.717) is 25.1 Å². The Balaban J connectivity index is 1.68. The van der Waals surface area contributed by atoms with Crippen molar-refractivity contribution in [2.45, 2.75) is 64.8 Å². The lowest BCUT2D eigenvalue weighted by Crippen LogP contribution is -2.60. The Morgan fingerprint density at radius 3 is 2.62 bits per heavy atom. The standard InChI is InChI=1S/C28H35N5O4/c1-16(2)25-26(34)31-18(4)27(35)33-12-6-7-24(32-33)28(36)37-19(5)20-9-10-21-15-29-23(14-22(21)13-20)11-8-17(3)30-25/h8-11,13-16,18-19,24-25,30,32H,3,6-7,12H2,1-2,4-5H3,(H,31,34)/b11-8-/t18-,19+,24-,25-/m0/s1. The molecule has 3 heterocycles. The largest absolute Gasteiger partial charge is 0.457 e. The number of carbonyl (C=O) groups excluding carboxylic acids is 3. The maximum Gasteiger partial charge on any atom is 0.325 e. The molecule has 3 N–H and O–H groups in total. The monoisotopic (exact) mass is 505 g/mol. The predicted molar refractivity (Wildman–Crippen MR) is 142 cm³/mol. The summed E-state index contributed by atoms with van der Waals surface area (Å²) in [4.78, 5) is 43.7. The second-order valence-electron chi connectivity index (χ2n) is 10.1. The molecule has 1 saturated heterocycles. The molecule has 0 saturated carbocycles. The number of cyclic esters (lactones) is 1. The molecule has 0 aliphatic carbocycles. The van der Waals surface area contributed by atoms with Crippen LogP contribution in [0.25, 0.3) is 16.8 Å². The van der Waals surface area contributed by atoms with E-state index in [4.69, 9.17) is 4.74 Å². The van der Waals surface area contributed by atoms with Gasteiger partial charge in [-0.05, 0) is 67.8 Å². The van der Waals surface area contributed by atoms with Gasteiger partial charge in [-0.1, -0.05) is 32.6 Å². The van der Waals surface area contributed by atoms with Crippen LogP contribution in [-0.4, -0.2) is 52.4 Å². The number of hydrogen-bond acceptors (Lipinski definition) is 7. The van der Waals surface area contributed by atoms with Crippen LogP contribution in [0.5, 0.6) is 0 Å². The first kappa shape index (κ1) is 26.3. The Hall–Kier alpha value is -3.72. The third-order valence-electron chi connectivity index (χ3n) is 6.74. The van der Waals surface area contributed by atoms with E-state index in [2.05, 4.69) is 27.6 Å². The molecule has 1 aromatic carbocycles. The van der Waals surface area contributed by atoms with Crippen molar-refractivity contribution in [3.8, 4) is 0 Å². The number of allylic oxidation sites excluding steroid dienone is 1. The van der Waals surface area contributed by atoms with E-state index in [9.17, 15) is 14.4 Å². The second-order valence-corrected chi connectivity index (χ2v) is 10.1. The molecule has 37 heavy (non-hydrogen) atoms.